The van der Waals surface area contributed by atoms with Crippen molar-refractivity contribution in [3.8, 4) is 0 Å². The molecule has 1 fully saturated rings. The molecule has 0 aromatic carbocycles. The largest absolute Gasteiger partial charge is 0.461 e. The van der Waals surface area contributed by atoms with Crippen LogP contribution in [0.5, 0.6) is 0 Å². The molecular formula is C15H26NO2+. The second-order valence-corrected chi connectivity index (χ2v) is 5.86. The molecular weight excluding hydrogens is 226 g/mol. The molecule has 0 saturated carbocycles. The van der Waals surface area contributed by atoms with Gasteiger partial charge in [0.15, 0.2) is 6.54 Å². The molecule has 1 aliphatic heterocycles. The number of hydrogen-bond acceptors (Lipinski definition) is 2. The number of carbonyl (C=O) groups is 1. The van der Waals surface area contributed by atoms with E-state index in [1.54, 1.807) is 0 Å². The number of quaternary nitrogens is 1. The lowest BCUT2D eigenvalue weighted by atomic mass is 9.91. The van der Waals surface area contributed by atoms with Crippen LogP contribution in [-0.4, -0.2) is 32.2 Å². The summed E-state index contributed by atoms with van der Waals surface area (Å²) in [6.45, 7) is 5.65. The van der Waals surface area contributed by atoms with Gasteiger partial charge in [0, 0.05) is 0 Å². The molecule has 0 spiro atoms. The molecule has 1 N–H and O–H groups in total. The normalized spacial score (nSPS) is 25.6. The second-order valence-electron chi connectivity index (χ2n) is 5.86. The van der Waals surface area contributed by atoms with Crippen LogP contribution in [0.25, 0.3) is 0 Å². The van der Waals surface area contributed by atoms with Gasteiger partial charge in [-0.05, 0) is 51.4 Å². The standard InChI is InChI=1S/C15H25NO2/c1-13-5-7-14(8-6-13)12-18-15(17)11-16-9-3-2-4-10-16/h5,14H,2-4,6-12H2,1H3/p+1/t14-/m1/s1. The SMILES string of the molecule is CC1=CC[C@@H](COC(=O)C[NH+]2CCCCC2)CC1. The minimum Gasteiger partial charge on any atom is -0.461 e. The Morgan fingerprint density at radius 3 is 2.83 bits per heavy atom. The summed E-state index contributed by atoms with van der Waals surface area (Å²) in [5, 5.41) is 0. The molecule has 1 aliphatic carbocycles. The lowest BCUT2D eigenvalue weighted by Crippen LogP contribution is -3.13. The highest BCUT2D eigenvalue weighted by Gasteiger charge is 2.20. The highest BCUT2D eigenvalue weighted by atomic mass is 16.5. The molecule has 0 radical (unpaired) electrons. The van der Waals surface area contributed by atoms with Crippen molar-refractivity contribution in [3.05, 3.63) is 11.6 Å². The number of piperidine rings is 1. The second kappa shape index (κ2) is 6.93. The van der Waals surface area contributed by atoms with Gasteiger partial charge in [-0.2, -0.15) is 0 Å². The maximum atomic E-state index is 11.8. The topological polar surface area (TPSA) is 30.7 Å². The van der Waals surface area contributed by atoms with E-state index in [9.17, 15) is 4.79 Å². The summed E-state index contributed by atoms with van der Waals surface area (Å²) in [4.78, 5) is 13.2. The Morgan fingerprint density at radius 2 is 2.17 bits per heavy atom. The van der Waals surface area contributed by atoms with Crippen LogP contribution in [0.1, 0.15) is 45.4 Å². The molecule has 2 rings (SSSR count). The highest BCUT2D eigenvalue weighted by Crippen LogP contribution is 2.23. The summed E-state index contributed by atoms with van der Waals surface area (Å²) in [6.07, 6.45) is 9.55. The van der Waals surface area contributed by atoms with Crippen molar-refractivity contribution in [3.63, 3.8) is 0 Å². The zero-order valence-corrected chi connectivity index (χ0v) is 11.5. The minimum absolute atomic E-state index is 0.00169. The number of rotatable bonds is 4. The molecule has 102 valence electrons. The number of carbonyl (C=O) groups excluding carboxylic acids is 1. The zero-order chi connectivity index (χ0) is 12.8. The van der Waals surface area contributed by atoms with E-state index in [0.29, 0.717) is 19.1 Å². The van der Waals surface area contributed by atoms with E-state index >= 15 is 0 Å². The van der Waals surface area contributed by atoms with Gasteiger partial charge in [-0.25, -0.2) is 4.79 Å². The number of ether oxygens (including phenoxy) is 1. The molecule has 18 heavy (non-hydrogen) atoms. The Balaban J connectivity index is 1.62. The first-order chi connectivity index (χ1) is 8.74. The summed E-state index contributed by atoms with van der Waals surface area (Å²) in [5.74, 6) is 0.548. The Kier molecular flexibility index (Phi) is 5.24. The van der Waals surface area contributed by atoms with Gasteiger partial charge in [0.2, 0.25) is 0 Å². The summed E-state index contributed by atoms with van der Waals surface area (Å²) < 4.78 is 5.43. The van der Waals surface area contributed by atoms with E-state index in [1.807, 2.05) is 0 Å². The van der Waals surface area contributed by atoms with Gasteiger partial charge < -0.3 is 9.64 Å². The molecule has 1 atom stereocenters. The Bertz CT molecular complexity index is 306. The molecule has 0 bridgehead atoms. The van der Waals surface area contributed by atoms with Gasteiger partial charge >= 0.3 is 5.97 Å². The van der Waals surface area contributed by atoms with Crippen LogP contribution in [0, 0.1) is 5.92 Å². The lowest BCUT2D eigenvalue weighted by Gasteiger charge is -2.23. The monoisotopic (exact) mass is 252 g/mol. The van der Waals surface area contributed by atoms with E-state index in [2.05, 4.69) is 13.0 Å². The lowest BCUT2D eigenvalue weighted by molar-refractivity contribution is -0.897. The van der Waals surface area contributed by atoms with Crippen LogP contribution < -0.4 is 4.90 Å². The quantitative estimate of drug-likeness (QED) is 0.605. The molecule has 1 saturated heterocycles. The first-order valence-corrected chi connectivity index (χ1v) is 7.39. The van der Waals surface area contributed by atoms with E-state index in [4.69, 9.17) is 4.74 Å². The average molecular weight is 252 g/mol. The molecule has 3 heteroatoms. The van der Waals surface area contributed by atoms with Crippen LogP contribution >= 0.6 is 0 Å². The maximum absolute atomic E-state index is 11.8. The van der Waals surface area contributed by atoms with Crippen LogP contribution in [0.15, 0.2) is 11.6 Å². The Morgan fingerprint density at radius 1 is 1.39 bits per heavy atom. The van der Waals surface area contributed by atoms with Gasteiger partial charge in [0.05, 0.1) is 19.7 Å². The Labute approximate surface area is 110 Å². The number of likely N-dealkylation sites (tertiary alicyclic amines) is 1. The van der Waals surface area contributed by atoms with Gasteiger partial charge in [-0.1, -0.05) is 11.6 Å². The van der Waals surface area contributed by atoms with E-state index in [0.717, 1.165) is 19.5 Å². The molecule has 0 amide bonds. The minimum atomic E-state index is -0.00169. The van der Waals surface area contributed by atoms with E-state index in [-0.39, 0.29) is 5.97 Å². The van der Waals surface area contributed by atoms with Crippen LogP contribution in [0.3, 0.4) is 0 Å². The molecule has 2 aliphatic rings. The third kappa shape index (κ3) is 4.45. The number of hydrogen-bond donors (Lipinski definition) is 1. The van der Waals surface area contributed by atoms with Crippen molar-refractivity contribution in [2.75, 3.05) is 26.2 Å². The molecule has 3 nitrogen and oxygen atoms in total. The maximum Gasteiger partial charge on any atom is 0.361 e. The first kappa shape index (κ1) is 13.6. The number of allylic oxidation sites excluding steroid dienone is 2. The number of nitrogens with one attached hydrogen (secondary N) is 1. The summed E-state index contributed by atoms with van der Waals surface area (Å²) in [6, 6.07) is 0. The van der Waals surface area contributed by atoms with Gasteiger partial charge in [-0.15, -0.1) is 0 Å². The van der Waals surface area contributed by atoms with Gasteiger partial charge in [0.1, 0.15) is 0 Å². The Hall–Kier alpha value is -0.830. The molecule has 0 aromatic rings. The predicted molar refractivity (Wildman–Crippen MR) is 71.5 cm³/mol. The first-order valence-electron chi connectivity index (χ1n) is 7.39. The predicted octanol–water partition coefficient (Wildman–Crippen LogP) is 1.34. The molecule has 1 heterocycles. The summed E-state index contributed by atoms with van der Waals surface area (Å²) >= 11 is 0. The fraction of sp³-hybridized carbons (Fsp3) is 0.800. The van der Waals surface area contributed by atoms with Crippen LogP contribution in [-0.2, 0) is 9.53 Å². The van der Waals surface area contributed by atoms with Crippen molar-refractivity contribution in [2.24, 2.45) is 5.92 Å². The van der Waals surface area contributed by atoms with Crippen molar-refractivity contribution in [1.29, 1.82) is 0 Å². The summed E-state index contributed by atoms with van der Waals surface area (Å²) in [7, 11) is 0. The fourth-order valence-corrected chi connectivity index (χ4v) is 2.87. The zero-order valence-electron chi connectivity index (χ0n) is 11.5. The smallest absolute Gasteiger partial charge is 0.361 e. The van der Waals surface area contributed by atoms with Gasteiger partial charge in [0.25, 0.3) is 0 Å². The van der Waals surface area contributed by atoms with Crippen LogP contribution in [0.4, 0.5) is 0 Å². The van der Waals surface area contributed by atoms with Crippen molar-refractivity contribution < 1.29 is 14.4 Å². The third-order valence-corrected chi connectivity index (χ3v) is 4.18. The van der Waals surface area contributed by atoms with E-state index < -0.39 is 0 Å². The molecule has 0 aromatic heterocycles. The number of esters is 1. The molecule has 0 unspecified atom stereocenters. The van der Waals surface area contributed by atoms with Crippen molar-refractivity contribution in [2.45, 2.75) is 45.4 Å². The van der Waals surface area contributed by atoms with Crippen molar-refractivity contribution in [1.82, 2.24) is 0 Å². The van der Waals surface area contributed by atoms with E-state index in [1.165, 1.54) is 42.6 Å². The highest BCUT2D eigenvalue weighted by molar-refractivity contribution is 5.70. The third-order valence-electron chi connectivity index (χ3n) is 4.18. The van der Waals surface area contributed by atoms with Crippen molar-refractivity contribution >= 4 is 5.97 Å². The van der Waals surface area contributed by atoms with Crippen LogP contribution in [0.2, 0.25) is 0 Å². The van der Waals surface area contributed by atoms with Gasteiger partial charge in [-0.3, -0.25) is 0 Å². The summed E-state index contributed by atoms with van der Waals surface area (Å²) in [5.41, 5.74) is 1.48. The average Bonchev–Trinajstić information content (AvgIpc) is 2.39. The fourth-order valence-electron chi connectivity index (χ4n) is 2.87.